The fraction of sp³-hybridized carbons (Fsp3) is 0.647. The van der Waals surface area contributed by atoms with Gasteiger partial charge in [0.2, 0.25) is 0 Å². The maximum atomic E-state index is 5.74. The molecule has 3 unspecified atom stereocenters. The van der Waals surface area contributed by atoms with Crippen molar-refractivity contribution < 1.29 is 4.74 Å². The highest BCUT2D eigenvalue weighted by Crippen LogP contribution is 2.39. The van der Waals surface area contributed by atoms with Crippen molar-refractivity contribution >= 4 is 0 Å². The third-order valence-corrected chi connectivity index (χ3v) is 5.02. The molecule has 104 valence electrons. The first-order chi connectivity index (χ1) is 9.29. The highest BCUT2D eigenvalue weighted by Gasteiger charge is 2.32. The van der Waals surface area contributed by atoms with E-state index in [2.05, 4.69) is 43.6 Å². The van der Waals surface area contributed by atoms with Gasteiger partial charge in [-0.25, -0.2) is 0 Å². The molecule has 19 heavy (non-hydrogen) atoms. The van der Waals surface area contributed by atoms with E-state index in [0.29, 0.717) is 18.1 Å². The minimum absolute atomic E-state index is 0.366. The van der Waals surface area contributed by atoms with E-state index in [1.165, 1.54) is 36.8 Å². The zero-order valence-electron chi connectivity index (χ0n) is 12.1. The van der Waals surface area contributed by atoms with Gasteiger partial charge < -0.3 is 10.1 Å². The van der Waals surface area contributed by atoms with Crippen LogP contribution in [0.2, 0.25) is 0 Å². The van der Waals surface area contributed by atoms with Crippen LogP contribution in [0.15, 0.2) is 24.3 Å². The van der Waals surface area contributed by atoms with E-state index in [-0.39, 0.29) is 0 Å². The van der Waals surface area contributed by atoms with E-state index in [1.807, 2.05) is 0 Å². The summed E-state index contributed by atoms with van der Waals surface area (Å²) in [5.41, 5.74) is 2.98. The molecule has 1 saturated carbocycles. The lowest BCUT2D eigenvalue weighted by Crippen LogP contribution is -2.29. The third kappa shape index (κ3) is 2.56. The maximum absolute atomic E-state index is 5.74. The molecule has 0 spiro atoms. The second-order valence-electron chi connectivity index (χ2n) is 6.09. The SMILES string of the molecule is CNC(c1cccc(C2CCC2)c1)C1CCOC1C. The molecule has 1 heterocycles. The molecule has 1 aromatic carbocycles. The molecule has 2 nitrogen and oxygen atoms in total. The largest absolute Gasteiger partial charge is 0.378 e. The van der Waals surface area contributed by atoms with Gasteiger partial charge in [-0.15, -0.1) is 0 Å². The molecule has 3 atom stereocenters. The first-order valence-electron chi connectivity index (χ1n) is 7.68. The van der Waals surface area contributed by atoms with E-state index in [0.717, 1.165) is 12.5 Å². The molecule has 2 heteroatoms. The van der Waals surface area contributed by atoms with E-state index >= 15 is 0 Å². The third-order valence-electron chi connectivity index (χ3n) is 5.02. The van der Waals surface area contributed by atoms with Gasteiger partial charge in [-0.05, 0) is 50.3 Å². The Morgan fingerprint density at radius 3 is 2.68 bits per heavy atom. The first kappa shape index (κ1) is 13.1. The Kier molecular flexibility index (Phi) is 3.90. The summed E-state index contributed by atoms with van der Waals surface area (Å²) in [6, 6.07) is 9.66. The van der Waals surface area contributed by atoms with Gasteiger partial charge in [0.1, 0.15) is 0 Å². The Bertz CT molecular complexity index is 427. The van der Waals surface area contributed by atoms with Crippen LogP contribution in [0.4, 0.5) is 0 Å². The fourth-order valence-electron chi connectivity index (χ4n) is 3.56. The van der Waals surface area contributed by atoms with Crippen LogP contribution in [0.1, 0.15) is 55.7 Å². The summed E-state index contributed by atoms with van der Waals surface area (Å²) in [5, 5.41) is 3.51. The second-order valence-corrected chi connectivity index (χ2v) is 6.09. The van der Waals surface area contributed by atoms with Gasteiger partial charge in [-0.1, -0.05) is 30.7 Å². The van der Waals surface area contributed by atoms with Gasteiger partial charge in [0, 0.05) is 18.6 Å². The Morgan fingerprint density at radius 1 is 1.26 bits per heavy atom. The smallest absolute Gasteiger partial charge is 0.0594 e. The number of nitrogens with one attached hydrogen (secondary N) is 1. The molecule has 0 radical (unpaired) electrons. The van der Waals surface area contributed by atoms with Crippen LogP contribution >= 0.6 is 0 Å². The number of benzene rings is 1. The molecule has 1 aliphatic carbocycles. The summed E-state index contributed by atoms with van der Waals surface area (Å²) in [7, 11) is 2.08. The number of hydrogen-bond acceptors (Lipinski definition) is 2. The van der Waals surface area contributed by atoms with E-state index in [9.17, 15) is 0 Å². The fourth-order valence-corrected chi connectivity index (χ4v) is 3.56. The Labute approximate surface area is 116 Å². The molecular weight excluding hydrogens is 234 g/mol. The molecule has 1 N–H and O–H groups in total. The molecule has 0 bridgehead atoms. The highest BCUT2D eigenvalue weighted by atomic mass is 16.5. The van der Waals surface area contributed by atoms with E-state index in [1.54, 1.807) is 0 Å². The van der Waals surface area contributed by atoms with Crippen molar-refractivity contribution in [2.24, 2.45) is 5.92 Å². The molecule has 1 saturated heterocycles. The zero-order chi connectivity index (χ0) is 13.2. The van der Waals surface area contributed by atoms with Crippen molar-refractivity contribution in [2.45, 2.75) is 50.7 Å². The van der Waals surface area contributed by atoms with Crippen molar-refractivity contribution in [3.8, 4) is 0 Å². The van der Waals surface area contributed by atoms with Crippen LogP contribution in [-0.4, -0.2) is 19.8 Å². The number of rotatable bonds is 4. The molecule has 1 aromatic rings. The quantitative estimate of drug-likeness (QED) is 0.891. The predicted molar refractivity (Wildman–Crippen MR) is 78.4 cm³/mol. The Hall–Kier alpha value is -0.860. The molecule has 0 aromatic heterocycles. The average Bonchev–Trinajstić information content (AvgIpc) is 2.75. The van der Waals surface area contributed by atoms with Crippen molar-refractivity contribution in [3.63, 3.8) is 0 Å². The summed E-state index contributed by atoms with van der Waals surface area (Å²) in [6.45, 7) is 3.12. The van der Waals surface area contributed by atoms with Crippen molar-refractivity contribution in [2.75, 3.05) is 13.7 Å². The van der Waals surface area contributed by atoms with Gasteiger partial charge in [0.25, 0.3) is 0 Å². The molecule has 1 aliphatic heterocycles. The van der Waals surface area contributed by atoms with Crippen LogP contribution in [-0.2, 0) is 4.74 Å². The van der Waals surface area contributed by atoms with Gasteiger partial charge in [-0.3, -0.25) is 0 Å². The predicted octanol–water partition coefficient (Wildman–Crippen LogP) is 3.64. The molecule has 2 aliphatic rings. The molecule has 0 amide bonds. The van der Waals surface area contributed by atoms with Gasteiger partial charge in [0.05, 0.1) is 6.10 Å². The normalized spacial score (nSPS) is 29.2. The topological polar surface area (TPSA) is 21.3 Å². The van der Waals surface area contributed by atoms with Gasteiger partial charge >= 0.3 is 0 Å². The van der Waals surface area contributed by atoms with Crippen LogP contribution in [0.3, 0.4) is 0 Å². The van der Waals surface area contributed by atoms with Crippen LogP contribution in [0.5, 0.6) is 0 Å². The second kappa shape index (κ2) is 5.64. The Balaban J connectivity index is 1.82. The minimum Gasteiger partial charge on any atom is -0.378 e. The minimum atomic E-state index is 0.366. The van der Waals surface area contributed by atoms with Crippen molar-refractivity contribution in [1.29, 1.82) is 0 Å². The summed E-state index contributed by atoms with van der Waals surface area (Å²) in [5.74, 6) is 1.41. The van der Waals surface area contributed by atoms with Crippen molar-refractivity contribution in [3.05, 3.63) is 35.4 Å². The van der Waals surface area contributed by atoms with E-state index < -0.39 is 0 Å². The zero-order valence-corrected chi connectivity index (χ0v) is 12.1. The number of ether oxygens (including phenoxy) is 1. The molecular formula is C17H25NO. The monoisotopic (exact) mass is 259 g/mol. The lowest BCUT2D eigenvalue weighted by molar-refractivity contribution is 0.0963. The van der Waals surface area contributed by atoms with Crippen LogP contribution in [0, 0.1) is 5.92 Å². The van der Waals surface area contributed by atoms with Gasteiger partial charge in [0.15, 0.2) is 0 Å². The molecule has 2 fully saturated rings. The maximum Gasteiger partial charge on any atom is 0.0594 e. The summed E-state index contributed by atoms with van der Waals surface area (Å²) in [6.07, 6.45) is 5.68. The standard InChI is InChI=1S/C17H25NO/c1-12-16(9-10-19-12)17(18-2)15-8-4-7-14(11-15)13-5-3-6-13/h4,7-8,11-13,16-18H,3,5-6,9-10H2,1-2H3. The lowest BCUT2D eigenvalue weighted by atomic mass is 9.78. The van der Waals surface area contributed by atoms with Crippen LogP contribution < -0.4 is 5.32 Å². The summed E-state index contributed by atoms with van der Waals surface area (Å²) in [4.78, 5) is 0. The van der Waals surface area contributed by atoms with Crippen molar-refractivity contribution in [1.82, 2.24) is 5.32 Å². The average molecular weight is 259 g/mol. The summed E-state index contributed by atoms with van der Waals surface area (Å²) < 4.78 is 5.74. The van der Waals surface area contributed by atoms with E-state index in [4.69, 9.17) is 4.74 Å². The highest BCUT2D eigenvalue weighted by molar-refractivity contribution is 5.30. The summed E-state index contributed by atoms with van der Waals surface area (Å²) >= 11 is 0. The Morgan fingerprint density at radius 2 is 2.11 bits per heavy atom. The van der Waals surface area contributed by atoms with Crippen LogP contribution in [0.25, 0.3) is 0 Å². The first-order valence-corrected chi connectivity index (χ1v) is 7.68. The van der Waals surface area contributed by atoms with Gasteiger partial charge in [-0.2, -0.15) is 0 Å². The number of hydrogen-bond donors (Lipinski definition) is 1. The molecule has 3 rings (SSSR count). The lowest BCUT2D eigenvalue weighted by Gasteiger charge is -2.29.